The van der Waals surface area contributed by atoms with E-state index in [1.54, 1.807) is 4.90 Å². The molecule has 1 saturated carbocycles. The Morgan fingerprint density at radius 1 is 1.21 bits per heavy atom. The number of nitrogens with two attached hydrogens (primary N) is 1. The third-order valence-electron chi connectivity index (χ3n) is 7.19. The van der Waals surface area contributed by atoms with E-state index in [1.807, 2.05) is 19.1 Å². The quantitative estimate of drug-likeness (QED) is 0.389. The highest BCUT2D eigenvalue weighted by Gasteiger charge is 2.43. The molecular formula is C23H23F4N3O4. The lowest BCUT2D eigenvalue weighted by atomic mass is 9.77. The first kappa shape index (κ1) is 22.7. The maximum atomic E-state index is 16.0. The van der Waals surface area contributed by atoms with Crippen molar-refractivity contribution in [2.75, 3.05) is 18.0 Å². The maximum absolute atomic E-state index is 16.0. The number of hydrogen-bond acceptors (Lipinski definition) is 5. The van der Waals surface area contributed by atoms with Crippen molar-refractivity contribution < 1.29 is 32.2 Å². The highest BCUT2D eigenvalue weighted by molar-refractivity contribution is 5.89. The van der Waals surface area contributed by atoms with Crippen LogP contribution in [-0.2, 0) is 6.18 Å². The summed E-state index contributed by atoms with van der Waals surface area (Å²) in [4.78, 5) is 25.5. The van der Waals surface area contributed by atoms with Crippen molar-refractivity contribution in [3.63, 3.8) is 0 Å². The van der Waals surface area contributed by atoms with Crippen LogP contribution in [0.4, 0.5) is 28.0 Å². The van der Waals surface area contributed by atoms with Gasteiger partial charge in [-0.25, -0.2) is 9.18 Å². The number of ether oxygens (including phenoxy) is 1. The van der Waals surface area contributed by atoms with E-state index in [2.05, 4.69) is 4.74 Å². The molecule has 2 aromatic rings. The second-order valence-corrected chi connectivity index (χ2v) is 9.36. The molecule has 7 nitrogen and oxygen atoms in total. The van der Waals surface area contributed by atoms with E-state index in [0.717, 1.165) is 6.20 Å². The zero-order valence-corrected chi connectivity index (χ0v) is 18.2. The van der Waals surface area contributed by atoms with Gasteiger partial charge in [-0.1, -0.05) is 19.1 Å². The fourth-order valence-electron chi connectivity index (χ4n) is 5.34. The van der Waals surface area contributed by atoms with Crippen molar-refractivity contribution >= 4 is 22.7 Å². The molecule has 3 aliphatic rings. The summed E-state index contributed by atoms with van der Waals surface area (Å²) in [5.74, 6) is -1.58. The maximum Gasteiger partial charge on any atom is 0.511 e. The van der Waals surface area contributed by atoms with Crippen LogP contribution >= 0.6 is 0 Å². The minimum atomic E-state index is -4.99. The van der Waals surface area contributed by atoms with Crippen LogP contribution in [0.3, 0.4) is 0 Å². The first-order valence-corrected chi connectivity index (χ1v) is 11.1. The zero-order valence-electron chi connectivity index (χ0n) is 18.2. The summed E-state index contributed by atoms with van der Waals surface area (Å²) in [7, 11) is 0. The molecule has 2 heterocycles. The molecular weight excluding hydrogens is 458 g/mol. The number of fused-ring (bicyclic) bond motifs is 2. The van der Waals surface area contributed by atoms with E-state index in [0.29, 0.717) is 25.5 Å². The van der Waals surface area contributed by atoms with Crippen molar-refractivity contribution in [3.05, 3.63) is 46.0 Å². The molecule has 2 fully saturated rings. The summed E-state index contributed by atoms with van der Waals surface area (Å²) in [6.07, 6.45) is -0.869. The van der Waals surface area contributed by atoms with Crippen LogP contribution in [0, 0.1) is 23.6 Å². The molecule has 0 amide bonds. The molecule has 1 aromatic carbocycles. The topological polar surface area (TPSA) is 97.8 Å². The van der Waals surface area contributed by atoms with Gasteiger partial charge in [0.1, 0.15) is 0 Å². The van der Waals surface area contributed by atoms with E-state index in [1.165, 1.54) is 4.57 Å². The van der Waals surface area contributed by atoms with Crippen LogP contribution in [-0.4, -0.2) is 35.0 Å². The molecule has 2 aliphatic carbocycles. The second kappa shape index (κ2) is 7.72. The SMILES string of the molecule is CC1C=CC(N)C2CN(c3cc(C(F)(F)F)c4c(=O)c(OC(=O)O)cn(C5CC5)c4c3F)CC12. The van der Waals surface area contributed by atoms with Gasteiger partial charge in [0.05, 0.1) is 28.4 Å². The molecule has 4 atom stereocenters. The van der Waals surface area contributed by atoms with Crippen LogP contribution in [0.5, 0.6) is 5.75 Å². The minimum absolute atomic E-state index is 0.0404. The molecule has 1 aliphatic heterocycles. The molecule has 182 valence electrons. The number of aromatic nitrogens is 1. The summed E-state index contributed by atoms with van der Waals surface area (Å²) in [6, 6.07) is 0.0167. The van der Waals surface area contributed by atoms with E-state index in [9.17, 15) is 22.8 Å². The Hall–Kier alpha value is -3.08. The molecule has 4 unspecified atom stereocenters. The largest absolute Gasteiger partial charge is 0.511 e. The van der Waals surface area contributed by atoms with Gasteiger partial charge in [-0.3, -0.25) is 4.79 Å². The Bertz CT molecular complexity index is 1250. The lowest BCUT2D eigenvalue weighted by Gasteiger charge is -2.30. The Morgan fingerprint density at radius 3 is 2.47 bits per heavy atom. The number of allylic oxidation sites excluding steroid dienone is 1. The number of carbonyl (C=O) groups is 1. The van der Waals surface area contributed by atoms with Crippen molar-refractivity contribution in [1.29, 1.82) is 0 Å². The summed E-state index contributed by atoms with van der Waals surface area (Å²) >= 11 is 0. The Balaban J connectivity index is 1.74. The van der Waals surface area contributed by atoms with Crippen LogP contribution in [0.15, 0.2) is 29.2 Å². The molecule has 11 heteroatoms. The standard InChI is InChI=1S/C23H23F4N3O4/c1-10-2-5-15(28)13-8-29(7-12(10)13)16-6-14(23(25,26)27)18-20(19(16)24)30(11-3-4-11)9-17(21(18)31)34-22(32)33/h2,5-6,9-13,15H,3-4,7-8,28H2,1H3,(H,32,33). The highest BCUT2D eigenvalue weighted by atomic mass is 19.4. The van der Waals surface area contributed by atoms with Gasteiger partial charge in [0.2, 0.25) is 5.43 Å². The number of benzene rings is 1. The number of nitrogens with zero attached hydrogens (tertiary/aromatic N) is 2. The number of hydrogen-bond donors (Lipinski definition) is 2. The van der Waals surface area contributed by atoms with Gasteiger partial charge in [0, 0.05) is 31.1 Å². The molecule has 1 saturated heterocycles. The number of alkyl halides is 3. The van der Waals surface area contributed by atoms with E-state index < -0.39 is 45.8 Å². The van der Waals surface area contributed by atoms with Gasteiger partial charge >= 0.3 is 12.3 Å². The predicted molar refractivity (Wildman–Crippen MR) is 116 cm³/mol. The van der Waals surface area contributed by atoms with E-state index >= 15 is 4.39 Å². The normalized spacial score (nSPS) is 26.7. The van der Waals surface area contributed by atoms with Crippen molar-refractivity contribution in [3.8, 4) is 5.75 Å². The zero-order chi connectivity index (χ0) is 24.5. The number of carboxylic acid groups (broad SMARTS) is 1. The smallest absolute Gasteiger partial charge is 0.449 e. The van der Waals surface area contributed by atoms with Crippen LogP contribution in [0.1, 0.15) is 31.4 Å². The van der Waals surface area contributed by atoms with Crippen LogP contribution < -0.4 is 20.8 Å². The summed E-state index contributed by atoms with van der Waals surface area (Å²) in [5, 5.41) is 8.01. The number of pyridine rings is 1. The Morgan fingerprint density at radius 2 is 1.88 bits per heavy atom. The van der Waals surface area contributed by atoms with Crippen molar-refractivity contribution in [1.82, 2.24) is 4.57 Å². The second-order valence-electron chi connectivity index (χ2n) is 9.36. The van der Waals surface area contributed by atoms with Gasteiger partial charge in [0.15, 0.2) is 11.6 Å². The van der Waals surface area contributed by atoms with Gasteiger partial charge in [0.25, 0.3) is 0 Å². The summed E-state index contributed by atoms with van der Waals surface area (Å²) in [5.41, 5.74) is 2.84. The molecule has 0 radical (unpaired) electrons. The van der Waals surface area contributed by atoms with E-state index in [4.69, 9.17) is 10.8 Å². The first-order chi connectivity index (χ1) is 16.0. The molecule has 0 bridgehead atoms. The number of halogens is 4. The molecule has 34 heavy (non-hydrogen) atoms. The van der Waals surface area contributed by atoms with Crippen LogP contribution in [0.2, 0.25) is 0 Å². The Labute approximate surface area is 191 Å². The predicted octanol–water partition coefficient (Wildman–Crippen LogP) is 4.14. The Kier molecular flexibility index (Phi) is 5.16. The van der Waals surface area contributed by atoms with Gasteiger partial charge in [-0.2, -0.15) is 13.2 Å². The number of anilines is 1. The summed E-state index contributed by atoms with van der Waals surface area (Å²) in [6.45, 7) is 2.61. The number of rotatable bonds is 3. The highest BCUT2D eigenvalue weighted by Crippen LogP contribution is 2.45. The van der Waals surface area contributed by atoms with Gasteiger partial charge in [-0.15, -0.1) is 0 Å². The summed E-state index contributed by atoms with van der Waals surface area (Å²) < 4.78 is 64.2. The van der Waals surface area contributed by atoms with Crippen molar-refractivity contribution in [2.24, 2.45) is 23.5 Å². The lowest BCUT2D eigenvalue weighted by Crippen LogP contribution is -2.38. The fourth-order valence-corrected chi connectivity index (χ4v) is 5.34. The minimum Gasteiger partial charge on any atom is -0.449 e. The monoisotopic (exact) mass is 481 g/mol. The molecule has 5 rings (SSSR count). The van der Waals surface area contributed by atoms with Crippen LogP contribution in [0.25, 0.3) is 10.9 Å². The first-order valence-electron chi connectivity index (χ1n) is 11.1. The third-order valence-corrected chi connectivity index (χ3v) is 7.19. The van der Waals surface area contributed by atoms with Gasteiger partial charge < -0.3 is 25.0 Å². The molecule has 3 N–H and O–H groups in total. The van der Waals surface area contributed by atoms with E-state index in [-0.39, 0.29) is 42.1 Å². The average Bonchev–Trinajstić information content (AvgIpc) is 3.49. The third kappa shape index (κ3) is 3.62. The fraction of sp³-hybridized carbons (Fsp3) is 0.478. The molecule has 1 aromatic heterocycles. The average molecular weight is 481 g/mol. The van der Waals surface area contributed by atoms with Gasteiger partial charge in [-0.05, 0) is 30.7 Å². The molecule has 0 spiro atoms. The van der Waals surface area contributed by atoms with Crippen molar-refractivity contribution in [2.45, 2.75) is 38.0 Å². The lowest BCUT2D eigenvalue weighted by molar-refractivity contribution is -0.136.